The number of nitriles is 1. The second-order valence-electron chi connectivity index (χ2n) is 5.86. The summed E-state index contributed by atoms with van der Waals surface area (Å²) in [7, 11) is 0. The van der Waals surface area contributed by atoms with Crippen LogP contribution in [0, 0.1) is 17.2 Å². The molecule has 0 aliphatic rings. The second-order valence-corrected chi connectivity index (χ2v) is 6.85. The highest BCUT2D eigenvalue weighted by atomic mass is 32.1. The van der Waals surface area contributed by atoms with Gasteiger partial charge in [0.2, 0.25) is 0 Å². The maximum Gasteiger partial charge on any atom is 0.100 e. The Bertz CT molecular complexity index is 605. The first kappa shape index (κ1) is 15.8. The molecule has 0 saturated heterocycles. The van der Waals surface area contributed by atoms with E-state index in [2.05, 4.69) is 56.4 Å². The molecule has 0 saturated carbocycles. The van der Waals surface area contributed by atoms with E-state index in [0.717, 1.165) is 18.5 Å². The van der Waals surface area contributed by atoms with Gasteiger partial charge in [-0.1, -0.05) is 38.1 Å². The van der Waals surface area contributed by atoms with Crippen molar-refractivity contribution in [3.05, 3.63) is 57.3 Å². The lowest BCUT2D eigenvalue weighted by atomic mass is 10.00. The lowest BCUT2D eigenvalue weighted by molar-refractivity contribution is 0.578. The summed E-state index contributed by atoms with van der Waals surface area (Å²) in [6.45, 7) is 7.47. The van der Waals surface area contributed by atoms with Crippen molar-refractivity contribution in [1.29, 1.82) is 5.26 Å². The molecule has 1 aromatic carbocycles. The Balaban J connectivity index is 1.90. The average molecular weight is 298 g/mol. The van der Waals surface area contributed by atoms with Crippen molar-refractivity contribution in [3.8, 4) is 6.07 Å². The molecule has 2 nitrogen and oxygen atoms in total. The van der Waals surface area contributed by atoms with Crippen LogP contribution in [0.15, 0.2) is 35.7 Å². The normalized spacial score (nSPS) is 12.3. The molecule has 0 bridgehead atoms. The Kier molecular flexibility index (Phi) is 5.55. The smallest absolute Gasteiger partial charge is 0.100 e. The van der Waals surface area contributed by atoms with Crippen molar-refractivity contribution in [2.45, 2.75) is 39.8 Å². The highest BCUT2D eigenvalue weighted by molar-refractivity contribution is 7.10. The van der Waals surface area contributed by atoms with Crippen LogP contribution in [-0.4, -0.2) is 0 Å². The predicted molar refractivity (Wildman–Crippen MR) is 89.3 cm³/mol. The summed E-state index contributed by atoms with van der Waals surface area (Å²) < 4.78 is 0. The average Bonchev–Trinajstić information content (AvgIpc) is 2.93. The standard InChI is InChI=1S/C18H22N2S/c1-13(2)8-15-4-6-17(7-5-15)14(3)20-11-18-9-16(10-19)12-21-18/h4-7,9,12-14,20H,8,11H2,1-3H3. The molecule has 110 valence electrons. The number of benzene rings is 1. The van der Waals surface area contributed by atoms with E-state index in [1.807, 2.05) is 11.4 Å². The molecule has 2 aromatic rings. The Morgan fingerprint density at radius 3 is 2.48 bits per heavy atom. The van der Waals surface area contributed by atoms with E-state index in [4.69, 9.17) is 5.26 Å². The van der Waals surface area contributed by atoms with Crippen LogP contribution in [0.5, 0.6) is 0 Å². The van der Waals surface area contributed by atoms with E-state index in [0.29, 0.717) is 12.0 Å². The zero-order valence-electron chi connectivity index (χ0n) is 12.9. The molecule has 1 heterocycles. The van der Waals surface area contributed by atoms with E-state index in [1.165, 1.54) is 16.0 Å². The van der Waals surface area contributed by atoms with Crippen LogP contribution >= 0.6 is 11.3 Å². The number of nitrogens with zero attached hydrogens (tertiary/aromatic N) is 1. The van der Waals surface area contributed by atoms with Gasteiger partial charge in [-0.15, -0.1) is 11.3 Å². The van der Waals surface area contributed by atoms with E-state index in [9.17, 15) is 0 Å². The predicted octanol–water partition coefficient (Wildman–Crippen LogP) is 4.67. The zero-order chi connectivity index (χ0) is 15.2. The van der Waals surface area contributed by atoms with E-state index < -0.39 is 0 Å². The fourth-order valence-electron chi connectivity index (χ4n) is 2.32. The van der Waals surface area contributed by atoms with Crippen LogP contribution < -0.4 is 5.32 Å². The van der Waals surface area contributed by atoms with Crippen molar-refractivity contribution < 1.29 is 0 Å². The molecule has 0 fully saturated rings. The SMILES string of the molecule is CC(C)Cc1ccc(C(C)NCc2cc(C#N)cs2)cc1. The van der Waals surface area contributed by atoms with Crippen LogP contribution in [0.2, 0.25) is 0 Å². The van der Waals surface area contributed by atoms with Crippen molar-refractivity contribution >= 4 is 11.3 Å². The fourth-order valence-corrected chi connectivity index (χ4v) is 3.08. The highest BCUT2D eigenvalue weighted by Crippen LogP contribution is 2.18. The Morgan fingerprint density at radius 1 is 1.19 bits per heavy atom. The number of rotatable bonds is 6. The first-order valence-electron chi connectivity index (χ1n) is 7.38. The van der Waals surface area contributed by atoms with Crippen molar-refractivity contribution in [2.75, 3.05) is 0 Å². The summed E-state index contributed by atoms with van der Waals surface area (Å²) in [4.78, 5) is 1.20. The van der Waals surface area contributed by atoms with Crippen LogP contribution in [0.1, 0.15) is 48.4 Å². The van der Waals surface area contributed by atoms with Crippen LogP contribution in [0.25, 0.3) is 0 Å². The molecule has 1 aromatic heterocycles. The molecule has 0 amide bonds. The summed E-state index contributed by atoms with van der Waals surface area (Å²) in [5.41, 5.74) is 3.46. The molecule has 0 spiro atoms. The minimum Gasteiger partial charge on any atom is -0.305 e. The molecular formula is C18H22N2S. The van der Waals surface area contributed by atoms with Gasteiger partial charge in [-0.3, -0.25) is 0 Å². The van der Waals surface area contributed by atoms with Gasteiger partial charge in [-0.25, -0.2) is 0 Å². The molecule has 1 N–H and O–H groups in total. The topological polar surface area (TPSA) is 35.8 Å². The maximum atomic E-state index is 8.83. The van der Waals surface area contributed by atoms with Gasteiger partial charge >= 0.3 is 0 Å². The molecule has 21 heavy (non-hydrogen) atoms. The van der Waals surface area contributed by atoms with E-state index >= 15 is 0 Å². The van der Waals surface area contributed by atoms with Crippen LogP contribution in [-0.2, 0) is 13.0 Å². The Hall–Kier alpha value is -1.63. The lowest BCUT2D eigenvalue weighted by Crippen LogP contribution is -2.17. The molecular weight excluding hydrogens is 276 g/mol. The van der Waals surface area contributed by atoms with Crippen LogP contribution in [0.3, 0.4) is 0 Å². The third-order valence-electron chi connectivity index (χ3n) is 3.49. The lowest BCUT2D eigenvalue weighted by Gasteiger charge is -2.14. The first-order chi connectivity index (χ1) is 10.1. The van der Waals surface area contributed by atoms with Gasteiger partial charge in [0.25, 0.3) is 0 Å². The number of hydrogen-bond acceptors (Lipinski definition) is 3. The second kappa shape index (κ2) is 7.40. The minimum atomic E-state index is 0.311. The van der Waals surface area contributed by atoms with Gasteiger partial charge in [-0.2, -0.15) is 5.26 Å². The summed E-state index contributed by atoms with van der Waals surface area (Å²) in [5.74, 6) is 0.694. The molecule has 0 aliphatic carbocycles. The number of nitrogens with one attached hydrogen (secondary N) is 1. The maximum absolute atomic E-state index is 8.83. The molecule has 1 unspecified atom stereocenters. The van der Waals surface area contributed by atoms with Crippen LogP contribution in [0.4, 0.5) is 0 Å². The monoisotopic (exact) mass is 298 g/mol. The molecule has 1 atom stereocenters. The zero-order valence-corrected chi connectivity index (χ0v) is 13.7. The summed E-state index contributed by atoms with van der Waals surface area (Å²) >= 11 is 1.64. The van der Waals surface area contributed by atoms with Crippen molar-refractivity contribution in [3.63, 3.8) is 0 Å². The fraction of sp³-hybridized carbons (Fsp3) is 0.389. The third kappa shape index (κ3) is 4.70. The van der Waals surface area contributed by atoms with E-state index in [-0.39, 0.29) is 0 Å². The van der Waals surface area contributed by atoms with Gasteiger partial charge in [-0.05, 0) is 36.5 Å². The van der Waals surface area contributed by atoms with E-state index in [1.54, 1.807) is 11.3 Å². The Labute approximate surface area is 131 Å². The van der Waals surface area contributed by atoms with Crippen molar-refractivity contribution in [1.82, 2.24) is 5.32 Å². The molecule has 2 rings (SSSR count). The highest BCUT2D eigenvalue weighted by Gasteiger charge is 2.07. The summed E-state index contributed by atoms with van der Waals surface area (Å²) in [5, 5.41) is 14.2. The molecule has 3 heteroatoms. The van der Waals surface area contributed by atoms with Gasteiger partial charge in [0.05, 0.1) is 5.56 Å². The van der Waals surface area contributed by atoms with Crippen molar-refractivity contribution in [2.24, 2.45) is 5.92 Å². The first-order valence-corrected chi connectivity index (χ1v) is 8.26. The van der Waals surface area contributed by atoms with Gasteiger partial charge in [0.15, 0.2) is 0 Å². The Morgan fingerprint density at radius 2 is 1.90 bits per heavy atom. The largest absolute Gasteiger partial charge is 0.305 e. The minimum absolute atomic E-state index is 0.311. The number of thiophene rings is 1. The summed E-state index contributed by atoms with van der Waals surface area (Å²) in [6, 6.07) is 13.3. The summed E-state index contributed by atoms with van der Waals surface area (Å²) in [6.07, 6.45) is 1.13. The van der Waals surface area contributed by atoms with Gasteiger partial charge in [0.1, 0.15) is 6.07 Å². The molecule has 0 radical (unpaired) electrons. The molecule has 0 aliphatic heterocycles. The number of hydrogen-bond donors (Lipinski definition) is 1. The third-order valence-corrected chi connectivity index (χ3v) is 4.43. The van der Waals surface area contributed by atoms with Gasteiger partial charge in [0, 0.05) is 22.8 Å². The van der Waals surface area contributed by atoms with Gasteiger partial charge < -0.3 is 5.32 Å². The quantitative estimate of drug-likeness (QED) is 0.841.